The number of rotatable bonds is 4. The lowest BCUT2D eigenvalue weighted by molar-refractivity contribution is -0.145. The van der Waals surface area contributed by atoms with Crippen molar-refractivity contribution in [1.82, 2.24) is 5.32 Å². The summed E-state index contributed by atoms with van der Waals surface area (Å²) in [5.41, 5.74) is 0.245. The molecule has 4 nitrogen and oxygen atoms in total. The third-order valence-electron chi connectivity index (χ3n) is 3.16. The van der Waals surface area contributed by atoms with Gasteiger partial charge in [0.05, 0.1) is 0 Å². The molecule has 0 bridgehead atoms. The van der Waals surface area contributed by atoms with Crippen LogP contribution in [0.3, 0.4) is 0 Å². The van der Waals surface area contributed by atoms with Gasteiger partial charge >= 0.3 is 5.97 Å². The van der Waals surface area contributed by atoms with Crippen LogP contribution in [0.2, 0.25) is 0 Å². The van der Waals surface area contributed by atoms with E-state index in [1.54, 1.807) is 0 Å². The Morgan fingerprint density at radius 3 is 2.71 bits per heavy atom. The lowest BCUT2D eigenvalue weighted by Crippen LogP contribution is -2.52. The zero-order valence-corrected chi connectivity index (χ0v) is 9.90. The molecule has 1 unspecified atom stereocenters. The molecule has 1 aromatic rings. The van der Waals surface area contributed by atoms with Gasteiger partial charge in [0.15, 0.2) is 5.54 Å². The van der Waals surface area contributed by atoms with Gasteiger partial charge in [0.2, 0.25) is 0 Å². The maximum atomic E-state index is 11.3. The number of carbonyl (C=O) groups is 1. The first-order valence-corrected chi connectivity index (χ1v) is 5.80. The number of aryl methyl sites for hydroxylation is 1. The zero-order chi connectivity index (χ0) is 12.3. The number of carboxylic acids is 1. The molecule has 1 atom stereocenters. The van der Waals surface area contributed by atoms with E-state index in [-0.39, 0.29) is 6.61 Å². The van der Waals surface area contributed by atoms with E-state index in [0.29, 0.717) is 12.2 Å². The van der Waals surface area contributed by atoms with Crippen molar-refractivity contribution in [2.24, 2.45) is 0 Å². The molecule has 0 aliphatic carbocycles. The highest BCUT2D eigenvalue weighted by molar-refractivity contribution is 5.79. The molecule has 17 heavy (non-hydrogen) atoms. The maximum Gasteiger partial charge on any atom is 0.327 e. The van der Waals surface area contributed by atoms with Gasteiger partial charge in [-0.15, -0.1) is 0 Å². The van der Waals surface area contributed by atoms with E-state index in [1.807, 2.05) is 31.2 Å². The molecular weight excluding hydrogens is 218 g/mol. The molecule has 1 fully saturated rings. The highest BCUT2D eigenvalue weighted by atomic mass is 16.5. The van der Waals surface area contributed by atoms with Crippen molar-refractivity contribution < 1.29 is 14.6 Å². The topological polar surface area (TPSA) is 58.6 Å². The number of carboxylic acid groups (broad SMARTS) is 1. The molecule has 0 spiro atoms. The number of nitrogens with one attached hydrogen (secondary N) is 1. The van der Waals surface area contributed by atoms with E-state index >= 15 is 0 Å². The summed E-state index contributed by atoms with van der Waals surface area (Å²) in [6.07, 6.45) is 1.50. The number of ether oxygens (including phenoxy) is 1. The summed E-state index contributed by atoms with van der Waals surface area (Å²) in [6, 6.07) is 7.62. The van der Waals surface area contributed by atoms with Crippen molar-refractivity contribution in [2.75, 3.05) is 13.2 Å². The molecule has 2 N–H and O–H groups in total. The monoisotopic (exact) mass is 235 g/mol. The van der Waals surface area contributed by atoms with Crippen LogP contribution in [-0.4, -0.2) is 29.8 Å². The second-order valence-corrected chi connectivity index (χ2v) is 4.52. The Labute approximate surface area is 101 Å². The minimum atomic E-state index is -0.912. The summed E-state index contributed by atoms with van der Waals surface area (Å²) in [5, 5.41) is 12.3. The first-order chi connectivity index (χ1) is 8.12. The van der Waals surface area contributed by atoms with E-state index in [2.05, 4.69) is 5.32 Å². The van der Waals surface area contributed by atoms with Gasteiger partial charge in [0.1, 0.15) is 12.4 Å². The van der Waals surface area contributed by atoms with Gasteiger partial charge in [-0.1, -0.05) is 17.7 Å². The van der Waals surface area contributed by atoms with Gasteiger partial charge < -0.3 is 9.84 Å². The van der Waals surface area contributed by atoms with Gasteiger partial charge in [-0.3, -0.25) is 10.1 Å². The van der Waals surface area contributed by atoms with Crippen LogP contribution in [0, 0.1) is 6.92 Å². The van der Waals surface area contributed by atoms with Gasteiger partial charge in [0.25, 0.3) is 0 Å². The number of hydrogen-bond acceptors (Lipinski definition) is 3. The summed E-state index contributed by atoms with van der Waals surface area (Å²) in [5.74, 6) is -0.118. The van der Waals surface area contributed by atoms with Gasteiger partial charge in [0, 0.05) is 0 Å². The van der Waals surface area contributed by atoms with Crippen LogP contribution in [0.4, 0.5) is 0 Å². The largest absolute Gasteiger partial charge is 0.491 e. The molecule has 1 aliphatic heterocycles. The second-order valence-electron chi connectivity index (χ2n) is 4.52. The fourth-order valence-electron chi connectivity index (χ4n) is 2.01. The second kappa shape index (κ2) is 4.75. The minimum Gasteiger partial charge on any atom is -0.491 e. The highest BCUT2D eigenvalue weighted by Crippen LogP contribution is 2.22. The molecule has 2 rings (SSSR count). The van der Waals surface area contributed by atoms with Crippen molar-refractivity contribution in [3.05, 3.63) is 29.8 Å². The summed E-state index contributed by atoms with van der Waals surface area (Å²) >= 11 is 0. The number of benzene rings is 1. The van der Waals surface area contributed by atoms with Crippen LogP contribution in [0.1, 0.15) is 18.4 Å². The average molecular weight is 235 g/mol. The van der Waals surface area contributed by atoms with Gasteiger partial charge in [-0.25, -0.2) is 0 Å². The minimum absolute atomic E-state index is 0.172. The van der Waals surface area contributed by atoms with Gasteiger partial charge in [-0.05, 0) is 38.4 Å². The van der Waals surface area contributed by atoms with Crippen LogP contribution in [-0.2, 0) is 4.79 Å². The van der Waals surface area contributed by atoms with Crippen LogP contribution in [0.15, 0.2) is 24.3 Å². The molecule has 1 saturated heterocycles. The third kappa shape index (κ3) is 2.58. The standard InChI is InChI=1S/C13H17NO3/c1-10-3-5-11(6-4-10)17-9-13(12(15)16)7-2-8-14-13/h3-6,14H,2,7-9H2,1H3,(H,15,16). The van der Waals surface area contributed by atoms with Crippen molar-refractivity contribution in [2.45, 2.75) is 25.3 Å². The van der Waals surface area contributed by atoms with E-state index in [1.165, 1.54) is 0 Å². The zero-order valence-electron chi connectivity index (χ0n) is 9.90. The van der Waals surface area contributed by atoms with Crippen LogP contribution in [0.25, 0.3) is 0 Å². The lowest BCUT2D eigenvalue weighted by atomic mass is 9.99. The Kier molecular flexibility index (Phi) is 3.33. The van der Waals surface area contributed by atoms with E-state index in [4.69, 9.17) is 4.74 Å². The molecular formula is C13H17NO3. The SMILES string of the molecule is Cc1ccc(OCC2(C(=O)O)CCCN2)cc1. The number of aliphatic carboxylic acids is 1. The lowest BCUT2D eigenvalue weighted by Gasteiger charge is -2.24. The fourth-order valence-corrected chi connectivity index (χ4v) is 2.01. The van der Waals surface area contributed by atoms with Crippen LogP contribution < -0.4 is 10.1 Å². The van der Waals surface area contributed by atoms with Crippen LogP contribution in [0.5, 0.6) is 5.75 Å². The molecule has 92 valence electrons. The van der Waals surface area contributed by atoms with E-state index in [0.717, 1.165) is 18.5 Å². The van der Waals surface area contributed by atoms with E-state index < -0.39 is 11.5 Å². The predicted molar refractivity (Wildman–Crippen MR) is 64.3 cm³/mol. The Morgan fingerprint density at radius 1 is 1.47 bits per heavy atom. The van der Waals surface area contributed by atoms with Crippen molar-refractivity contribution >= 4 is 5.97 Å². The molecule has 0 aromatic heterocycles. The van der Waals surface area contributed by atoms with Crippen molar-refractivity contribution in [3.63, 3.8) is 0 Å². The van der Waals surface area contributed by atoms with Crippen LogP contribution >= 0.6 is 0 Å². The Morgan fingerprint density at radius 2 is 2.18 bits per heavy atom. The summed E-state index contributed by atoms with van der Waals surface area (Å²) in [7, 11) is 0. The maximum absolute atomic E-state index is 11.3. The van der Waals surface area contributed by atoms with Gasteiger partial charge in [-0.2, -0.15) is 0 Å². The molecule has 1 aromatic carbocycles. The molecule has 4 heteroatoms. The number of hydrogen-bond donors (Lipinski definition) is 2. The first-order valence-electron chi connectivity index (χ1n) is 5.80. The molecule has 0 saturated carbocycles. The highest BCUT2D eigenvalue weighted by Gasteiger charge is 2.42. The molecule has 1 heterocycles. The molecule has 0 radical (unpaired) electrons. The third-order valence-corrected chi connectivity index (χ3v) is 3.16. The van der Waals surface area contributed by atoms with E-state index in [9.17, 15) is 9.90 Å². The van der Waals surface area contributed by atoms with Crippen molar-refractivity contribution in [1.29, 1.82) is 0 Å². The summed E-state index contributed by atoms with van der Waals surface area (Å²) < 4.78 is 5.57. The summed E-state index contributed by atoms with van der Waals surface area (Å²) in [6.45, 7) is 2.91. The quantitative estimate of drug-likeness (QED) is 0.832. The smallest absolute Gasteiger partial charge is 0.327 e. The normalized spacial score (nSPS) is 23.6. The Balaban J connectivity index is 2.00. The van der Waals surface area contributed by atoms with Crippen molar-refractivity contribution in [3.8, 4) is 5.75 Å². The molecule has 1 aliphatic rings. The molecule has 0 amide bonds. The Hall–Kier alpha value is -1.55. The predicted octanol–water partition coefficient (Wildman–Crippen LogP) is 1.58. The summed E-state index contributed by atoms with van der Waals surface area (Å²) in [4.78, 5) is 11.3. The fraction of sp³-hybridized carbons (Fsp3) is 0.462. The first kappa shape index (κ1) is 11.9. The Bertz CT molecular complexity index is 394. The average Bonchev–Trinajstić information content (AvgIpc) is 2.78.